The second-order valence-electron chi connectivity index (χ2n) is 3.89. The minimum Gasteiger partial charge on any atom is -0.322 e. The quantitative estimate of drug-likeness (QED) is 0.436. The number of nitrogens with one attached hydrogen (secondary N) is 1. The van der Waals surface area contributed by atoms with Crippen molar-refractivity contribution in [1.82, 2.24) is 0 Å². The number of hydrogen-bond acceptors (Lipinski definition) is 3. The highest BCUT2D eigenvalue weighted by molar-refractivity contribution is 14.1. The molecule has 0 aliphatic carbocycles. The summed E-state index contributed by atoms with van der Waals surface area (Å²) in [5, 5.41) is 13.5. The lowest BCUT2D eigenvalue weighted by atomic mass is 10.2. The first kappa shape index (κ1) is 14.9. The summed E-state index contributed by atoms with van der Waals surface area (Å²) >= 11 is 5.22. The summed E-state index contributed by atoms with van der Waals surface area (Å²) in [5.41, 5.74) is 0.742. The van der Waals surface area contributed by atoms with Gasteiger partial charge in [-0.2, -0.15) is 0 Å². The highest BCUT2D eigenvalue weighted by Gasteiger charge is 2.16. The predicted molar refractivity (Wildman–Crippen MR) is 87.9 cm³/mol. The molecule has 102 valence electrons. The van der Waals surface area contributed by atoms with Gasteiger partial charge in [-0.15, -0.1) is 0 Å². The second-order valence-corrected chi connectivity index (χ2v) is 5.99. The Labute approximate surface area is 136 Å². The minimum absolute atomic E-state index is 0.139. The number of nitrogens with zero attached hydrogens (tertiary/aromatic N) is 1. The molecule has 0 radical (unpaired) electrons. The summed E-state index contributed by atoms with van der Waals surface area (Å²) in [4.78, 5) is 22.4. The van der Waals surface area contributed by atoms with Crippen molar-refractivity contribution in [2.75, 3.05) is 5.32 Å². The first-order chi connectivity index (χ1) is 9.47. The SMILES string of the molecule is O=C(Nc1cccc(I)c1)c1ccc(Br)c([N+](=O)[O-])c1. The van der Waals surface area contributed by atoms with Crippen molar-refractivity contribution in [3.63, 3.8) is 0 Å². The van der Waals surface area contributed by atoms with Crippen molar-refractivity contribution in [3.05, 3.63) is 66.2 Å². The lowest BCUT2D eigenvalue weighted by Crippen LogP contribution is -2.12. The number of rotatable bonds is 3. The van der Waals surface area contributed by atoms with Gasteiger partial charge in [0, 0.05) is 20.9 Å². The summed E-state index contributed by atoms with van der Waals surface area (Å²) in [6.07, 6.45) is 0. The van der Waals surface area contributed by atoms with Crippen molar-refractivity contribution in [1.29, 1.82) is 0 Å². The number of halogens is 2. The molecule has 0 aliphatic heterocycles. The van der Waals surface area contributed by atoms with Gasteiger partial charge in [-0.1, -0.05) is 6.07 Å². The fourth-order valence-corrected chi connectivity index (χ4v) is 2.50. The van der Waals surface area contributed by atoms with E-state index >= 15 is 0 Å². The summed E-state index contributed by atoms with van der Waals surface area (Å²) in [5.74, 6) is -0.386. The van der Waals surface area contributed by atoms with Gasteiger partial charge >= 0.3 is 0 Å². The lowest BCUT2D eigenvalue weighted by molar-refractivity contribution is -0.385. The van der Waals surface area contributed by atoms with E-state index in [-0.39, 0.29) is 17.2 Å². The normalized spacial score (nSPS) is 10.1. The average molecular weight is 447 g/mol. The maximum atomic E-state index is 12.1. The number of amides is 1. The number of carbonyl (C=O) groups is 1. The van der Waals surface area contributed by atoms with Crippen LogP contribution in [0.5, 0.6) is 0 Å². The molecule has 1 amide bonds. The lowest BCUT2D eigenvalue weighted by Gasteiger charge is -2.06. The Balaban J connectivity index is 2.26. The van der Waals surface area contributed by atoms with E-state index in [1.807, 2.05) is 18.2 Å². The van der Waals surface area contributed by atoms with E-state index in [0.717, 1.165) is 3.57 Å². The van der Waals surface area contributed by atoms with Gasteiger partial charge in [0.1, 0.15) is 0 Å². The molecule has 2 aromatic rings. The zero-order valence-electron chi connectivity index (χ0n) is 9.97. The highest BCUT2D eigenvalue weighted by Crippen LogP contribution is 2.26. The Morgan fingerprint density at radius 1 is 1.25 bits per heavy atom. The van der Waals surface area contributed by atoms with Gasteiger partial charge in [0.25, 0.3) is 11.6 Å². The Bertz CT molecular complexity index is 691. The molecule has 7 heteroatoms. The van der Waals surface area contributed by atoms with E-state index in [2.05, 4.69) is 43.8 Å². The molecule has 0 spiro atoms. The van der Waals surface area contributed by atoms with Crippen molar-refractivity contribution in [2.45, 2.75) is 0 Å². The topological polar surface area (TPSA) is 72.2 Å². The zero-order chi connectivity index (χ0) is 14.7. The number of carbonyl (C=O) groups excluding carboxylic acids is 1. The Kier molecular flexibility index (Phi) is 4.71. The molecule has 0 saturated heterocycles. The van der Waals surface area contributed by atoms with Crippen LogP contribution < -0.4 is 5.32 Å². The van der Waals surface area contributed by atoms with Crippen LogP contribution in [0.2, 0.25) is 0 Å². The zero-order valence-corrected chi connectivity index (χ0v) is 13.7. The van der Waals surface area contributed by atoms with Gasteiger partial charge in [-0.25, -0.2) is 0 Å². The van der Waals surface area contributed by atoms with Crippen molar-refractivity contribution in [2.24, 2.45) is 0 Å². The number of anilines is 1. The third kappa shape index (κ3) is 3.54. The van der Waals surface area contributed by atoms with E-state index in [0.29, 0.717) is 10.2 Å². The summed E-state index contributed by atoms with van der Waals surface area (Å²) < 4.78 is 1.33. The molecule has 0 aliphatic rings. The predicted octanol–water partition coefficient (Wildman–Crippen LogP) is 4.21. The minimum atomic E-state index is -0.535. The molecule has 0 heterocycles. The van der Waals surface area contributed by atoms with Gasteiger partial charge in [-0.3, -0.25) is 14.9 Å². The Morgan fingerprint density at radius 2 is 2.00 bits per heavy atom. The van der Waals surface area contributed by atoms with E-state index in [1.54, 1.807) is 6.07 Å². The largest absolute Gasteiger partial charge is 0.322 e. The molecule has 0 saturated carbocycles. The van der Waals surface area contributed by atoms with E-state index < -0.39 is 4.92 Å². The van der Waals surface area contributed by atoms with Crippen molar-refractivity contribution >= 4 is 55.8 Å². The molecule has 1 N–H and O–H groups in total. The van der Waals surface area contributed by atoms with Crippen LogP contribution in [0.15, 0.2) is 46.9 Å². The summed E-state index contributed by atoms with van der Waals surface area (Å²) in [6.45, 7) is 0. The van der Waals surface area contributed by atoms with Crippen LogP contribution in [-0.4, -0.2) is 10.8 Å². The molecule has 2 aromatic carbocycles. The van der Waals surface area contributed by atoms with Crippen molar-refractivity contribution in [3.8, 4) is 0 Å². The fourth-order valence-electron chi connectivity index (χ4n) is 1.56. The fraction of sp³-hybridized carbons (Fsp3) is 0. The van der Waals surface area contributed by atoms with E-state index in [1.165, 1.54) is 18.2 Å². The van der Waals surface area contributed by atoms with Crippen LogP contribution in [0.4, 0.5) is 11.4 Å². The third-order valence-corrected chi connectivity index (χ3v) is 3.83. The maximum absolute atomic E-state index is 12.1. The molecule has 0 bridgehead atoms. The number of nitro benzene ring substituents is 1. The molecular formula is C13H8BrIN2O3. The first-order valence-corrected chi connectivity index (χ1v) is 7.35. The molecular weight excluding hydrogens is 439 g/mol. The molecule has 0 fully saturated rings. The van der Waals surface area contributed by atoms with Crippen molar-refractivity contribution < 1.29 is 9.72 Å². The molecule has 20 heavy (non-hydrogen) atoms. The Morgan fingerprint density at radius 3 is 2.65 bits per heavy atom. The third-order valence-electron chi connectivity index (χ3n) is 2.49. The maximum Gasteiger partial charge on any atom is 0.284 e. The average Bonchev–Trinajstić information content (AvgIpc) is 2.38. The van der Waals surface area contributed by atoms with Crippen LogP contribution in [0, 0.1) is 13.7 Å². The van der Waals surface area contributed by atoms with Gasteiger partial charge in [0.05, 0.1) is 9.40 Å². The van der Waals surface area contributed by atoms with Gasteiger partial charge in [-0.05, 0) is 68.9 Å². The summed E-state index contributed by atoms with van der Waals surface area (Å²) in [7, 11) is 0. The first-order valence-electron chi connectivity index (χ1n) is 5.48. The number of hydrogen-bond donors (Lipinski definition) is 1. The van der Waals surface area contributed by atoms with Gasteiger partial charge in [0.15, 0.2) is 0 Å². The molecule has 2 rings (SSSR count). The second kappa shape index (κ2) is 6.31. The highest BCUT2D eigenvalue weighted by atomic mass is 127. The monoisotopic (exact) mass is 446 g/mol. The van der Waals surface area contributed by atoms with Gasteiger partial charge < -0.3 is 5.32 Å². The smallest absolute Gasteiger partial charge is 0.284 e. The van der Waals surface area contributed by atoms with E-state index in [9.17, 15) is 14.9 Å². The van der Waals surface area contributed by atoms with Crippen LogP contribution in [-0.2, 0) is 0 Å². The number of benzene rings is 2. The number of nitro groups is 1. The molecule has 0 aromatic heterocycles. The molecule has 0 unspecified atom stereocenters. The summed E-state index contributed by atoms with van der Waals surface area (Å²) in [6, 6.07) is 11.6. The van der Waals surface area contributed by atoms with E-state index in [4.69, 9.17) is 0 Å². The molecule has 0 atom stereocenters. The Hall–Kier alpha value is -1.48. The van der Waals surface area contributed by atoms with Crippen LogP contribution in [0.25, 0.3) is 0 Å². The van der Waals surface area contributed by atoms with Gasteiger partial charge in [0.2, 0.25) is 0 Å². The van der Waals surface area contributed by atoms with Crippen LogP contribution >= 0.6 is 38.5 Å². The molecule has 5 nitrogen and oxygen atoms in total. The van der Waals surface area contributed by atoms with Crippen LogP contribution in [0.3, 0.4) is 0 Å². The van der Waals surface area contributed by atoms with Crippen LogP contribution in [0.1, 0.15) is 10.4 Å². The standard InChI is InChI=1S/C13H8BrIN2O3/c14-11-5-4-8(6-12(11)17(19)20)13(18)16-10-3-1-2-9(15)7-10/h1-7H,(H,16,18).